The van der Waals surface area contributed by atoms with E-state index in [2.05, 4.69) is 27.3 Å². The van der Waals surface area contributed by atoms with Crippen LogP contribution in [0.25, 0.3) is 11.0 Å². The Kier molecular flexibility index (Phi) is 5.25. The van der Waals surface area contributed by atoms with E-state index in [-0.39, 0.29) is 11.6 Å². The summed E-state index contributed by atoms with van der Waals surface area (Å²) in [6, 6.07) is 15.8. The van der Waals surface area contributed by atoms with Gasteiger partial charge in [0.05, 0.1) is 16.4 Å². The number of benzene rings is 2. The van der Waals surface area contributed by atoms with Gasteiger partial charge in [-0.1, -0.05) is 30.3 Å². The van der Waals surface area contributed by atoms with Crippen LogP contribution in [0.4, 0.5) is 5.69 Å². The highest BCUT2D eigenvalue weighted by Gasteiger charge is 2.40. The molecule has 2 aromatic carbocycles. The quantitative estimate of drug-likeness (QED) is 0.618. The van der Waals surface area contributed by atoms with Crippen molar-refractivity contribution < 1.29 is 4.79 Å². The van der Waals surface area contributed by atoms with Gasteiger partial charge in [-0.25, -0.2) is 4.79 Å². The number of aromatic amines is 1. The number of hydrogen-bond donors (Lipinski definition) is 3. The maximum atomic E-state index is 13.1. The molecule has 1 amide bonds. The van der Waals surface area contributed by atoms with Crippen molar-refractivity contribution in [2.75, 3.05) is 25.0 Å². The van der Waals surface area contributed by atoms with Gasteiger partial charge < -0.3 is 16.0 Å². The second-order valence-corrected chi connectivity index (χ2v) is 7.92. The average molecular weight is 393 g/mol. The fraction of sp³-hybridized carbons (Fsp3) is 0.364. The fourth-order valence-electron chi connectivity index (χ4n) is 4.08. The molecule has 0 atom stereocenters. The van der Waals surface area contributed by atoms with Gasteiger partial charge in [0.2, 0.25) is 5.91 Å². The Morgan fingerprint density at radius 3 is 2.59 bits per heavy atom. The third-order valence-corrected chi connectivity index (χ3v) is 6.10. The van der Waals surface area contributed by atoms with Crippen molar-refractivity contribution in [1.82, 2.24) is 14.5 Å². The molecule has 7 heteroatoms. The van der Waals surface area contributed by atoms with Crippen LogP contribution in [-0.4, -0.2) is 40.0 Å². The van der Waals surface area contributed by atoms with E-state index in [9.17, 15) is 9.59 Å². The monoisotopic (exact) mass is 393 g/mol. The number of nitrogens with two attached hydrogens (primary N) is 1. The first-order valence-electron chi connectivity index (χ1n) is 9.97. The summed E-state index contributed by atoms with van der Waals surface area (Å²) in [7, 11) is 1.71. The molecule has 4 rings (SSSR count). The average Bonchev–Trinajstić information content (AvgIpc) is 3.02. The van der Waals surface area contributed by atoms with Crippen molar-refractivity contribution >= 4 is 22.6 Å². The molecule has 4 N–H and O–H groups in total. The number of H-pyrrole nitrogens is 1. The zero-order chi connectivity index (χ0) is 20.4. The fourth-order valence-corrected chi connectivity index (χ4v) is 4.08. The number of imidazole rings is 1. The van der Waals surface area contributed by atoms with Crippen molar-refractivity contribution in [2.45, 2.75) is 19.4 Å². The van der Waals surface area contributed by atoms with Crippen LogP contribution in [0.1, 0.15) is 18.4 Å². The molecular formula is C22H27N5O2. The molecule has 29 heavy (non-hydrogen) atoms. The van der Waals surface area contributed by atoms with Crippen LogP contribution in [-0.2, 0) is 18.4 Å². The lowest BCUT2D eigenvalue weighted by Crippen LogP contribution is -2.50. The van der Waals surface area contributed by atoms with Gasteiger partial charge in [0.1, 0.15) is 0 Å². The van der Waals surface area contributed by atoms with Crippen LogP contribution < -0.4 is 16.7 Å². The van der Waals surface area contributed by atoms with E-state index in [1.165, 1.54) is 5.56 Å². The van der Waals surface area contributed by atoms with Gasteiger partial charge in [-0.3, -0.25) is 14.3 Å². The lowest BCUT2D eigenvalue weighted by atomic mass is 9.77. The number of piperidine rings is 1. The Labute approximate surface area is 169 Å². The third kappa shape index (κ3) is 3.83. The molecule has 2 heterocycles. The molecule has 0 saturated carbocycles. The van der Waals surface area contributed by atoms with E-state index in [4.69, 9.17) is 5.73 Å². The zero-order valence-electron chi connectivity index (χ0n) is 16.6. The second kappa shape index (κ2) is 7.85. The van der Waals surface area contributed by atoms with E-state index >= 15 is 0 Å². The number of anilines is 1. The minimum absolute atomic E-state index is 0.0445. The highest BCUT2D eigenvalue weighted by atomic mass is 16.2. The third-order valence-electron chi connectivity index (χ3n) is 6.10. The molecule has 0 aliphatic carbocycles. The van der Waals surface area contributed by atoms with Crippen molar-refractivity contribution in [3.05, 3.63) is 64.6 Å². The molecule has 0 unspecified atom stereocenters. The largest absolute Gasteiger partial charge is 0.329 e. The Morgan fingerprint density at radius 2 is 1.90 bits per heavy atom. The van der Waals surface area contributed by atoms with Gasteiger partial charge in [0.15, 0.2) is 0 Å². The highest BCUT2D eigenvalue weighted by molar-refractivity contribution is 5.97. The first-order chi connectivity index (χ1) is 14.0. The number of nitrogens with one attached hydrogen (secondary N) is 2. The first kappa shape index (κ1) is 19.4. The number of carbonyl (C=O) groups is 1. The smallest absolute Gasteiger partial charge is 0.326 e. The summed E-state index contributed by atoms with van der Waals surface area (Å²) in [5.74, 6) is -0.0445. The minimum Gasteiger partial charge on any atom is -0.329 e. The van der Waals surface area contributed by atoms with Crippen molar-refractivity contribution in [3.63, 3.8) is 0 Å². The summed E-state index contributed by atoms with van der Waals surface area (Å²) in [6.45, 7) is 2.89. The normalized spacial score (nSPS) is 16.8. The molecule has 0 spiro atoms. The number of nitrogens with zero attached hydrogens (tertiary/aromatic N) is 2. The maximum Gasteiger partial charge on any atom is 0.326 e. The summed E-state index contributed by atoms with van der Waals surface area (Å²) in [4.78, 5) is 30.1. The van der Waals surface area contributed by atoms with Gasteiger partial charge >= 0.3 is 5.69 Å². The summed E-state index contributed by atoms with van der Waals surface area (Å²) in [6.07, 6.45) is 1.46. The maximum absolute atomic E-state index is 13.1. The number of carbonyl (C=O) groups excluding carboxylic acids is 1. The number of fused-ring (bicyclic) bond motifs is 1. The molecule has 1 saturated heterocycles. The Balaban J connectivity index is 1.44. The van der Waals surface area contributed by atoms with Gasteiger partial charge in [0, 0.05) is 25.8 Å². The SMILES string of the molecule is Cn1c(=O)[nH]c2cc(NC(=O)C3(CN)CCN(Cc4ccccc4)CC3)ccc21. The summed E-state index contributed by atoms with van der Waals surface area (Å²) < 4.78 is 1.55. The van der Waals surface area contributed by atoms with E-state index in [1.807, 2.05) is 30.3 Å². The lowest BCUT2D eigenvalue weighted by molar-refractivity contribution is -0.127. The molecule has 0 radical (unpaired) electrons. The first-order valence-corrected chi connectivity index (χ1v) is 9.97. The summed E-state index contributed by atoms with van der Waals surface area (Å²) >= 11 is 0. The molecule has 7 nitrogen and oxygen atoms in total. The predicted octanol–water partition coefficient (Wildman–Crippen LogP) is 2.05. The van der Waals surface area contributed by atoms with Crippen molar-refractivity contribution in [2.24, 2.45) is 18.2 Å². The number of aromatic nitrogens is 2. The highest BCUT2D eigenvalue weighted by Crippen LogP contribution is 2.33. The Bertz CT molecular complexity index is 1060. The molecule has 1 aromatic heterocycles. The van der Waals surface area contributed by atoms with Crippen molar-refractivity contribution in [3.8, 4) is 0 Å². The predicted molar refractivity (Wildman–Crippen MR) is 115 cm³/mol. The van der Waals surface area contributed by atoms with Gasteiger partial charge in [-0.15, -0.1) is 0 Å². The van der Waals surface area contributed by atoms with E-state index < -0.39 is 5.41 Å². The molecule has 1 aliphatic rings. The molecule has 0 bridgehead atoms. The number of amides is 1. The second-order valence-electron chi connectivity index (χ2n) is 7.92. The molecule has 3 aromatic rings. The van der Waals surface area contributed by atoms with Crippen LogP contribution in [0, 0.1) is 5.41 Å². The van der Waals surface area contributed by atoms with Gasteiger partial charge in [-0.05, 0) is 49.7 Å². The van der Waals surface area contributed by atoms with E-state index in [1.54, 1.807) is 17.7 Å². The number of likely N-dealkylation sites (tertiary alicyclic amines) is 1. The summed E-state index contributed by atoms with van der Waals surface area (Å²) in [5, 5.41) is 3.02. The number of aryl methyl sites for hydroxylation is 1. The molecule has 1 fully saturated rings. The van der Waals surface area contributed by atoms with Crippen molar-refractivity contribution in [1.29, 1.82) is 0 Å². The van der Waals surface area contributed by atoms with Crippen LogP contribution in [0.5, 0.6) is 0 Å². The van der Waals surface area contributed by atoms with Crippen LogP contribution in [0.3, 0.4) is 0 Å². The number of hydrogen-bond acceptors (Lipinski definition) is 4. The Morgan fingerprint density at radius 1 is 1.17 bits per heavy atom. The van der Waals surface area contributed by atoms with Crippen LogP contribution >= 0.6 is 0 Å². The van der Waals surface area contributed by atoms with E-state index in [0.29, 0.717) is 17.7 Å². The molecular weight excluding hydrogens is 366 g/mol. The van der Waals surface area contributed by atoms with E-state index in [0.717, 1.165) is 38.0 Å². The van der Waals surface area contributed by atoms with Gasteiger partial charge in [-0.2, -0.15) is 0 Å². The molecule has 152 valence electrons. The molecule has 1 aliphatic heterocycles. The minimum atomic E-state index is -0.563. The topological polar surface area (TPSA) is 96.1 Å². The zero-order valence-corrected chi connectivity index (χ0v) is 16.6. The van der Waals surface area contributed by atoms with Crippen LogP contribution in [0.15, 0.2) is 53.3 Å². The van der Waals surface area contributed by atoms with Crippen LogP contribution in [0.2, 0.25) is 0 Å². The standard InChI is InChI=1S/C22H27N5O2/c1-26-19-8-7-17(13-18(19)25-21(26)29)24-20(28)22(15-23)9-11-27(12-10-22)14-16-5-3-2-4-6-16/h2-8,13H,9-12,14-15,23H2,1H3,(H,24,28)(H,25,29). The van der Waals surface area contributed by atoms with Gasteiger partial charge in [0.25, 0.3) is 0 Å². The lowest BCUT2D eigenvalue weighted by Gasteiger charge is -2.40. The number of rotatable bonds is 5. The summed E-state index contributed by atoms with van der Waals surface area (Å²) in [5.41, 5.74) is 8.79. The Hall–Kier alpha value is -2.90.